The third-order valence-corrected chi connectivity index (χ3v) is 4.68. The third-order valence-electron chi connectivity index (χ3n) is 2.51. The van der Waals surface area contributed by atoms with Crippen LogP contribution in [0.15, 0.2) is 11.2 Å². The van der Waals surface area contributed by atoms with E-state index in [1.807, 2.05) is 0 Å². The summed E-state index contributed by atoms with van der Waals surface area (Å²) in [7, 11) is -3.45. The van der Waals surface area contributed by atoms with Crippen LogP contribution in [-0.4, -0.2) is 36.7 Å². The van der Waals surface area contributed by atoms with Gasteiger partial charge in [0.15, 0.2) is 0 Å². The summed E-state index contributed by atoms with van der Waals surface area (Å²) in [5.41, 5.74) is 0.560. The van der Waals surface area contributed by atoms with Gasteiger partial charge in [-0.3, -0.25) is 0 Å². The summed E-state index contributed by atoms with van der Waals surface area (Å²) in [4.78, 5) is 7.73. The average Bonchev–Trinajstić information content (AvgIpc) is 2.69. The smallest absolute Gasteiger partial charge is 0.249 e. The van der Waals surface area contributed by atoms with Gasteiger partial charge in [0, 0.05) is 12.2 Å². The van der Waals surface area contributed by atoms with E-state index in [2.05, 4.69) is 15.3 Å². The first kappa shape index (κ1) is 14.6. The Morgan fingerprint density at radius 1 is 1.47 bits per heavy atom. The molecule has 0 spiro atoms. The summed E-state index contributed by atoms with van der Waals surface area (Å²) < 4.78 is 24.2. The van der Waals surface area contributed by atoms with Crippen molar-refractivity contribution in [2.24, 2.45) is 0 Å². The molecule has 0 aromatic carbocycles. The molecular weight excluding hydrogens is 285 g/mol. The molecule has 1 saturated heterocycles. The van der Waals surface area contributed by atoms with E-state index in [1.54, 1.807) is 6.92 Å². The lowest BCUT2D eigenvalue weighted by atomic mass is 10.4. The van der Waals surface area contributed by atoms with Gasteiger partial charge in [0.1, 0.15) is 5.15 Å². The quantitative estimate of drug-likeness (QED) is 0.651. The van der Waals surface area contributed by atoms with E-state index in [4.69, 9.17) is 11.6 Å². The lowest BCUT2D eigenvalue weighted by molar-refractivity contribution is 0.573. The van der Waals surface area contributed by atoms with Gasteiger partial charge in [0.2, 0.25) is 15.0 Å². The number of hydrogen-bond donors (Lipinski definition) is 1. The van der Waals surface area contributed by atoms with Gasteiger partial charge in [-0.25, -0.2) is 18.4 Å². The first-order valence-corrected chi connectivity index (χ1v) is 6.88. The van der Waals surface area contributed by atoms with Crippen molar-refractivity contribution in [1.82, 2.24) is 15.3 Å². The number of nitrogens with zero attached hydrogens (tertiary/aromatic N) is 2. The van der Waals surface area contributed by atoms with Gasteiger partial charge >= 0.3 is 0 Å². The number of aryl methyl sites for hydroxylation is 1. The summed E-state index contributed by atoms with van der Waals surface area (Å²) >= 11 is 5.73. The molecule has 1 unspecified atom stereocenters. The fourth-order valence-electron chi connectivity index (χ4n) is 1.67. The van der Waals surface area contributed by atoms with Gasteiger partial charge in [0.05, 0.1) is 5.25 Å². The summed E-state index contributed by atoms with van der Waals surface area (Å²) in [5.74, 6) is 0. The molecule has 8 heteroatoms. The van der Waals surface area contributed by atoms with Crippen molar-refractivity contribution < 1.29 is 8.42 Å². The largest absolute Gasteiger partial charge is 0.315 e. The van der Waals surface area contributed by atoms with Crippen LogP contribution in [-0.2, 0) is 9.84 Å². The monoisotopic (exact) mass is 297 g/mol. The predicted octanol–water partition coefficient (Wildman–Crippen LogP) is 0.996. The Hall–Kier alpha value is -0.430. The van der Waals surface area contributed by atoms with Gasteiger partial charge in [0.25, 0.3) is 0 Å². The molecule has 1 N–H and O–H groups in total. The highest BCUT2D eigenvalue weighted by Crippen LogP contribution is 2.19. The summed E-state index contributed by atoms with van der Waals surface area (Å²) in [6, 6.07) is 1.54. The number of halogens is 2. The first-order chi connectivity index (χ1) is 7.50. The molecule has 96 valence electrons. The van der Waals surface area contributed by atoms with Crippen LogP contribution in [0.3, 0.4) is 0 Å². The number of rotatable bonds is 2. The second-order valence-corrected chi connectivity index (χ2v) is 6.28. The third kappa shape index (κ3) is 3.07. The highest BCUT2D eigenvalue weighted by molar-refractivity contribution is 7.91. The molecule has 0 radical (unpaired) electrons. The first-order valence-electron chi connectivity index (χ1n) is 4.96. The van der Waals surface area contributed by atoms with Crippen LogP contribution >= 0.6 is 24.0 Å². The zero-order chi connectivity index (χ0) is 11.8. The van der Waals surface area contributed by atoms with E-state index in [0.29, 0.717) is 25.2 Å². The van der Waals surface area contributed by atoms with Crippen LogP contribution in [0.5, 0.6) is 0 Å². The Bertz CT molecular complexity index is 481. The Morgan fingerprint density at radius 2 is 2.18 bits per heavy atom. The van der Waals surface area contributed by atoms with Crippen LogP contribution in [0.1, 0.15) is 12.1 Å². The molecule has 0 aliphatic carbocycles. The molecule has 1 atom stereocenters. The highest BCUT2D eigenvalue weighted by Gasteiger charge is 2.32. The van der Waals surface area contributed by atoms with Crippen molar-refractivity contribution in [2.45, 2.75) is 23.8 Å². The Balaban J connectivity index is 0.00000144. The SMILES string of the molecule is Cc1cc(Cl)nc(S(=O)(=O)C2CCNC2)n1.Cl. The minimum atomic E-state index is -3.45. The van der Waals surface area contributed by atoms with E-state index < -0.39 is 15.1 Å². The normalized spacial score (nSPS) is 20.0. The lowest BCUT2D eigenvalue weighted by Crippen LogP contribution is -2.25. The molecule has 1 aromatic heterocycles. The standard InChI is InChI=1S/C9H12ClN3O2S.ClH/c1-6-4-8(10)13-9(12-6)16(14,15)7-2-3-11-5-7;/h4,7,11H,2-3,5H2,1H3;1H. The van der Waals surface area contributed by atoms with Gasteiger partial charge in [-0.2, -0.15) is 0 Å². The molecule has 2 heterocycles. The van der Waals surface area contributed by atoms with Crippen LogP contribution in [0.4, 0.5) is 0 Å². The van der Waals surface area contributed by atoms with Crippen LogP contribution in [0.25, 0.3) is 0 Å². The predicted molar refractivity (Wildman–Crippen MR) is 67.5 cm³/mol. The van der Waals surface area contributed by atoms with Gasteiger partial charge < -0.3 is 5.32 Å². The van der Waals surface area contributed by atoms with E-state index in [9.17, 15) is 8.42 Å². The van der Waals surface area contributed by atoms with Crippen molar-refractivity contribution in [3.8, 4) is 0 Å². The van der Waals surface area contributed by atoms with Crippen molar-refractivity contribution in [2.75, 3.05) is 13.1 Å². The highest BCUT2D eigenvalue weighted by atomic mass is 35.5. The van der Waals surface area contributed by atoms with Gasteiger partial charge in [-0.1, -0.05) is 11.6 Å². The van der Waals surface area contributed by atoms with Crippen molar-refractivity contribution in [3.63, 3.8) is 0 Å². The Kier molecular flexibility index (Phi) is 4.71. The van der Waals surface area contributed by atoms with Crippen LogP contribution < -0.4 is 5.32 Å². The van der Waals surface area contributed by atoms with Gasteiger partial charge in [-0.05, 0) is 26.0 Å². The van der Waals surface area contributed by atoms with E-state index in [1.165, 1.54) is 6.07 Å². The van der Waals surface area contributed by atoms with E-state index in [-0.39, 0.29) is 22.7 Å². The zero-order valence-electron chi connectivity index (χ0n) is 9.18. The zero-order valence-corrected chi connectivity index (χ0v) is 11.6. The fourth-order valence-corrected chi connectivity index (χ4v) is 3.52. The molecule has 0 saturated carbocycles. The molecule has 1 aromatic rings. The number of sulfone groups is 1. The molecule has 1 aliphatic heterocycles. The number of nitrogens with one attached hydrogen (secondary N) is 1. The summed E-state index contributed by atoms with van der Waals surface area (Å²) in [6.07, 6.45) is 0.594. The topological polar surface area (TPSA) is 72.0 Å². The van der Waals surface area contributed by atoms with Crippen molar-refractivity contribution >= 4 is 33.8 Å². The maximum absolute atomic E-state index is 12.1. The van der Waals surface area contributed by atoms with Gasteiger partial charge in [-0.15, -0.1) is 12.4 Å². The fraction of sp³-hybridized carbons (Fsp3) is 0.556. The maximum atomic E-state index is 12.1. The van der Waals surface area contributed by atoms with Crippen LogP contribution in [0.2, 0.25) is 5.15 Å². The number of hydrogen-bond acceptors (Lipinski definition) is 5. The molecular formula is C9H13Cl2N3O2S. The van der Waals surface area contributed by atoms with Crippen molar-refractivity contribution in [1.29, 1.82) is 0 Å². The Labute approximate surface area is 111 Å². The molecule has 1 fully saturated rings. The molecule has 17 heavy (non-hydrogen) atoms. The Morgan fingerprint density at radius 3 is 2.71 bits per heavy atom. The second kappa shape index (κ2) is 5.48. The molecule has 1 aliphatic rings. The van der Waals surface area contributed by atoms with Crippen molar-refractivity contribution in [3.05, 3.63) is 16.9 Å². The van der Waals surface area contributed by atoms with E-state index >= 15 is 0 Å². The molecule has 0 bridgehead atoms. The molecule has 0 amide bonds. The lowest BCUT2D eigenvalue weighted by Gasteiger charge is -2.09. The van der Waals surface area contributed by atoms with Crippen LogP contribution in [0, 0.1) is 6.92 Å². The summed E-state index contributed by atoms with van der Waals surface area (Å²) in [6.45, 7) is 2.86. The summed E-state index contributed by atoms with van der Waals surface area (Å²) in [5, 5.41) is 2.57. The van der Waals surface area contributed by atoms with E-state index in [0.717, 1.165) is 0 Å². The minimum Gasteiger partial charge on any atom is -0.315 e. The maximum Gasteiger partial charge on any atom is 0.249 e. The minimum absolute atomic E-state index is 0. The molecule has 5 nitrogen and oxygen atoms in total. The number of aromatic nitrogens is 2. The molecule has 2 rings (SSSR count). The average molecular weight is 298 g/mol. The second-order valence-electron chi connectivity index (χ2n) is 3.77.